The van der Waals surface area contributed by atoms with E-state index in [1.165, 1.54) is 16.8 Å². The van der Waals surface area contributed by atoms with Gasteiger partial charge in [-0.2, -0.15) is 0 Å². The molecule has 1 amide bonds. The van der Waals surface area contributed by atoms with Crippen LogP contribution in [0.2, 0.25) is 0 Å². The van der Waals surface area contributed by atoms with E-state index in [2.05, 4.69) is 41.8 Å². The number of aryl methyl sites for hydroxylation is 1. The number of amides is 1. The highest BCUT2D eigenvalue weighted by atomic mass is 16.6. The van der Waals surface area contributed by atoms with Gasteiger partial charge in [-0.05, 0) is 43.2 Å². The molecule has 2 aromatic carbocycles. The van der Waals surface area contributed by atoms with Crippen molar-refractivity contribution < 1.29 is 14.3 Å². The van der Waals surface area contributed by atoms with Crippen molar-refractivity contribution in [1.82, 2.24) is 9.80 Å². The van der Waals surface area contributed by atoms with Crippen molar-refractivity contribution >= 4 is 11.6 Å². The molecule has 1 fully saturated rings. The minimum Gasteiger partial charge on any atom is -0.486 e. The van der Waals surface area contributed by atoms with E-state index in [4.69, 9.17) is 9.47 Å². The first-order valence-electron chi connectivity index (χ1n) is 10.7. The average Bonchev–Trinajstić information content (AvgIpc) is 2.76. The maximum atomic E-state index is 12.8. The van der Waals surface area contributed by atoms with Gasteiger partial charge in [-0.25, -0.2) is 0 Å². The number of para-hydroxylation sites is 2. The van der Waals surface area contributed by atoms with Gasteiger partial charge in [0.05, 0.1) is 13.1 Å². The van der Waals surface area contributed by atoms with Crippen LogP contribution in [0.15, 0.2) is 42.5 Å². The van der Waals surface area contributed by atoms with Gasteiger partial charge in [0.15, 0.2) is 17.6 Å². The number of anilines is 1. The molecule has 4 rings (SSSR count). The van der Waals surface area contributed by atoms with Crippen LogP contribution in [-0.2, 0) is 4.79 Å². The number of nitrogens with zero attached hydrogens (tertiary/aromatic N) is 3. The predicted molar refractivity (Wildman–Crippen MR) is 119 cm³/mol. The van der Waals surface area contributed by atoms with E-state index in [1.807, 2.05) is 31.3 Å². The molecule has 0 unspecified atom stereocenters. The Bertz CT molecular complexity index is 893. The van der Waals surface area contributed by atoms with Crippen molar-refractivity contribution in [3.05, 3.63) is 53.6 Å². The number of piperazine rings is 1. The molecule has 6 nitrogen and oxygen atoms in total. The van der Waals surface area contributed by atoms with Gasteiger partial charge in [0, 0.05) is 38.9 Å². The third-order valence-electron chi connectivity index (χ3n) is 6.12. The summed E-state index contributed by atoms with van der Waals surface area (Å²) in [6.45, 7) is 9.44. The van der Waals surface area contributed by atoms with Gasteiger partial charge in [0.25, 0.3) is 0 Å². The first-order chi connectivity index (χ1) is 14.5. The number of fused-ring (bicyclic) bond motifs is 1. The molecule has 1 atom stereocenters. The maximum absolute atomic E-state index is 12.8. The average molecular weight is 410 g/mol. The van der Waals surface area contributed by atoms with Crippen molar-refractivity contribution in [3.63, 3.8) is 0 Å². The number of hydrogen-bond acceptors (Lipinski definition) is 5. The van der Waals surface area contributed by atoms with E-state index in [0.29, 0.717) is 19.7 Å². The summed E-state index contributed by atoms with van der Waals surface area (Å²) in [4.78, 5) is 19.2. The van der Waals surface area contributed by atoms with E-state index in [0.717, 1.165) is 37.7 Å². The first-order valence-corrected chi connectivity index (χ1v) is 10.7. The Balaban J connectivity index is 1.25. The van der Waals surface area contributed by atoms with Crippen molar-refractivity contribution in [2.45, 2.75) is 20.0 Å². The van der Waals surface area contributed by atoms with Gasteiger partial charge in [-0.3, -0.25) is 9.69 Å². The standard InChI is InChI=1S/C24H31N3O3/c1-18-7-6-8-21(19(18)2)27-13-11-26(12-14-27)16-24(28)25(3)15-20-17-29-22-9-4-5-10-23(22)30-20/h4-10,20H,11-17H2,1-3H3/t20-/m1/s1. The second kappa shape index (κ2) is 8.96. The largest absolute Gasteiger partial charge is 0.486 e. The van der Waals surface area contributed by atoms with Crippen LogP contribution in [0.3, 0.4) is 0 Å². The third-order valence-corrected chi connectivity index (χ3v) is 6.12. The second-order valence-electron chi connectivity index (χ2n) is 8.25. The molecule has 2 heterocycles. The number of benzene rings is 2. The molecule has 6 heteroatoms. The Morgan fingerprint density at radius 3 is 2.53 bits per heavy atom. The number of carbonyl (C=O) groups is 1. The molecule has 2 aliphatic rings. The van der Waals surface area contributed by atoms with Crippen molar-refractivity contribution in [1.29, 1.82) is 0 Å². The topological polar surface area (TPSA) is 45.2 Å². The summed E-state index contributed by atoms with van der Waals surface area (Å²) < 4.78 is 11.7. The fourth-order valence-electron chi connectivity index (χ4n) is 4.10. The molecule has 2 aliphatic heterocycles. The van der Waals surface area contributed by atoms with Crippen LogP contribution in [-0.4, -0.2) is 74.7 Å². The highest BCUT2D eigenvalue weighted by Gasteiger charge is 2.26. The third kappa shape index (κ3) is 4.54. The van der Waals surface area contributed by atoms with Gasteiger partial charge in [0.2, 0.25) is 5.91 Å². The quantitative estimate of drug-likeness (QED) is 0.760. The van der Waals surface area contributed by atoms with E-state index in [1.54, 1.807) is 4.90 Å². The molecule has 0 saturated carbocycles. The Morgan fingerprint density at radius 2 is 1.77 bits per heavy atom. The van der Waals surface area contributed by atoms with Gasteiger partial charge >= 0.3 is 0 Å². The number of ether oxygens (including phenoxy) is 2. The smallest absolute Gasteiger partial charge is 0.236 e. The zero-order valence-corrected chi connectivity index (χ0v) is 18.1. The molecule has 0 bridgehead atoms. The molecule has 2 aromatic rings. The van der Waals surface area contributed by atoms with Crippen LogP contribution in [0.1, 0.15) is 11.1 Å². The van der Waals surface area contributed by atoms with Crippen LogP contribution in [0.5, 0.6) is 11.5 Å². The molecule has 30 heavy (non-hydrogen) atoms. The van der Waals surface area contributed by atoms with Crippen molar-refractivity contribution in [2.24, 2.45) is 0 Å². The number of likely N-dealkylation sites (N-methyl/N-ethyl adjacent to an activating group) is 1. The van der Waals surface area contributed by atoms with E-state index >= 15 is 0 Å². The molecule has 160 valence electrons. The lowest BCUT2D eigenvalue weighted by molar-refractivity contribution is -0.132. The molecule has 0 spiro atoms. The van der Waals surface area contributed by atoms with Crippen LogP contribution < -0.4 is 14.4 Å². The van der Waals surface area contributed by atoms with Gasteiger partial charge in [0.1, 0.15) is 6.61 Å². The first kappa shape index (κ1) is 20.5. The van der Waals surface area contributed by atoms with Crippen LogP contribution >= 0.6 is 0 Å². The fraction of sp³-hybridized carbons (Fsp3) is 0.458. The summed E-state index contributed by atoms with van der Waals surface area (Å²) in [5, 5.41) is 0. The zero-order valence-electron chi connectivity index (χ0n) is 18.1. The molecule has 0 aromatic heterocycles. The molecular weight excluding hydrogens is 378 g/mol. The van der Waals surface area contributed by atoms with Crippen LogP contribution in [0.4, 0.5) is 5.69 Å². The van der Waals surface area contributed by atoms with E-state index in [-0.39, 0.29) is 12.0 Å². The molecule has 0 aliphatic carbocycles. The lowest BCUT2D eigenvalue weighted by Crippen LogP contribution is -2.51. The lowest BCUT2D eigenvalue weighted by atomic mass is 10.1. The minimum absolute atomic E-state index is 0.123. The van der Waals surface area contributed by atoms with Gasteiger partial charge < -0.3 is 19.3 Å². The van der Waals surface area contributed by atoms with E-state index in [9.17, 15) is 4.79 Å². The highest BCUT2D eigenvalue weighted by Crippen LogP contribution is 2.31. The molecule has 0 radical (unpaired) electrons. The fourth-order valence-corrected chi connectivity index (χ4v) is 4.10. The van der Waals surface area contributed by atoms with Crippen molar-refractivity contribution in [3.8, 4) is 11.5 Å². The summed E-state index contributed by atoms with van der Waals surface area (Å²) in [6, 6.07) is 14.1. The number of carbonyl (C=O) groups excluding carboxylic acids is 1. The Morgan fingerprint density at radius 1 is 1.03 bits per heavy atom. The molecule has 1 saturated heterocycles. The Kier molecular flexibility index (Phi) is 6.13. The summed E-state index contributed by atoms with van der Waals surface area (Å²) in [5.41, 5.74) is 3.98. The summed E-state index contributed by atoms with van der Waals surface area (Å²) in [5.74, 6) is 1.64. The lowest BCUT2D eigenvalue weighted by Gasteiger charge is -2.37. The molecule has 0 N–H and O–H groups in total. The highest BCUT2D eigenvalue weighted by molar-refractivity contribution is 5.78. The SMILES string of the molecule is Cc1cccc(N2CCN(CC(=O)N(C)C[C@@H]3COc4ccccc4O3)CC2)c1C. The van der Waals surface area contributed by atoms with Gasteiger partial charge in [-0.15, -0.1) is 0 Å². The van der Waals surface area contributed by atoms with Crippen LogP contribution in [0.25, 0.3) is 0 Å². The summed E-state index contributed by atoms with van der Waals surface area (Å²) in [6.07, 6.45) is -0.144. The zero-order chi connectivity index (χ0) is 21.1. The second-order valence-corrected chi connectivity index (χ2v) is 8.25. The molecular formula is C24H31N3O3. The number of rotatable bonds is 5. The van der Waals surface area contributed by atoms with Gasteiger partial charge in [-0.1, -0.05) is 24.3 Å². The Hall–Kier alpha value is -2.73. The predicted octanol–water partition coefficient (Wildman–Crippen LogP) is 2.72. The summed E-state index contributed by atoms with van der Waals surface area (Å²) in [7, 11) is 1.85. The normalized spacial score (nSPS) is 18.9. The monoisotopic (exact) mass is 409 g/mol. The minimum atomic E-state index is -0.144. The Labute approximate surface area is 179 Å². The summed E-state index contributed by atoms with van der Waals surface area (Å²) >= 11 is 0. The van der Waals surface area contributed by atoms with Crippen LogP contribution in [0, 0.1) is 13.8 Å². The maximum Gasteiger partial charge on any atom is 0.236 e. The van der Waals surface area contributed by atoms with E-state index < -0.39 is 0 Å². The van der Waals surface area contributed by atoms with Crippen molar-refractivity contribution in [2.75, 3.05) is 57.8 Å². The number of hydrogen-bond donors (Lipinski definition) is 0.